The van der Waals surface area contributed by atoms with Gasteiger partial charge in [-0.1, -0.05) is 0 Å². The largest absolute Gasteiger partial charge is 0.493 e. The highest BCUT2D eigenvalue weighted by Gasteiger charge is 2.15. The lowest BCUT2D eigenvalue weighted by atomic mass is 10.0. The van der Waals surface area contributed by atoms with Crippen LogP contribution in [0.4, 0.5) is 0 Å². The zero-order chi connectivity index (χ0) is 17.6. The van der Waals surface area contributed by atoms with Gasteiger partial charge in [-0.25, -0.2) is 4.98 Å². The molecule has 1 N–H and O–H groups in total. The molecule has 0 atom stereocenters. The van der Waals surface area contributed by atoms with Crippen LogP contribution in [-0.4, -0.2) is 31.2 Å². The first-order valence-corrected chi connectivity index (χ1v) is 9.59. The van der Waals surface area contributed by atoms with Crippen LogP contribution in [0.1, 0.15) is 45.7 Å². The van der Waals surface area contributed by atoms with Crippen LogP contribution < -0.4 is 14.8 Å². The number of fused-ring (bicyclic) bond motifs is 1. The van der Waals surface area contributed by atoms with E-state index in [1.165, 1.54) is 23.4 Å². The minimum absolute atomic E-state index is 0.109. The second-order valence-corrected chi connectivity index (χ2v) is 7.16. The van der Waals surface area contributed by atoms with Crippen LogP contribution in [0.2, 0.25) is 0 Å². The Morgan fingerprint density at radius 1 is 1.28 bits per heavy atom. The maximum absolute atomic E-state index is 12.3. The number of thiazole rings is 1. The highest BCUT2D eigenvalue weighted by Crippen LogP contribution is 2.28. The third kappa shape index (κ3) is 4.31. The van der Waals surface area contributed by atoms with Crippen molar-refractivity contribution in [2.24, 2.45) is 0 Å². The van der Waals surface area contributed by atoms with Crippen molar-refractivity contribution < 1.29 is 14.3 Å². The topological polar surface area (TPSA) is 60.5 Å². The van der Waals surface area contributed by atoms with E-state index in [0.29, 0.717) is 30.2 Å². The number of methoxy groups -OCH3 is 1. The minimum atomic E-state index is -0.109. The summed E-state index contributed by atoms with van der Waals surface area (Å²) in [7, 11) is 1.57. The lowest BCUT2D eigenvalue weighted by molar-refractivity contribution is 0.0953. The number of ether oxygens (including phenoxy) is 2. The maximum Gasteiger partial charge on any atom is 0.251 e. The number of rotatable bonds is 7. The Hall–Kier alpha value is -2.08. The summed E-state index contributed by atoms with van der Waals surface area (Å²) in [5.74, 6) is 1.11. The third-order valence-corrected chi connectivity index (χ3v) is 5.46. The first-order valence-electron chi connectivity index (χ1n) is 8.77. The average molecular weight is 360 g/mol. The summed E-state index contributed by atoms with van der Waals surface area (Å²) < 4.78 is 10.8. The van der Waals surface area contributed by atoms with Gasteiger partial charge in [0.2, 0.25) is 0 Å². The first kappa shape index (κ1) is 17.7. The number of carbonyl (C=O) groups is 1. The summed E-state index contributed by atoms with van der Waals surface area (Å²) in [5, 5.41) is 4.08. The number of hydrogen-bond acceptors (Lipinski definition) is 5. The highest BCUT2D eigenvalue weighted by molar-refractivity contribution is 7.11. The second-order valence-electron chi connectivity index (χ2n) is 5.99. The van der Waals surface area contributed by atoms with Crippen molar-refractivity contribution in [1.29, 1.82) is 0 Å². The van der Waals surface area contributed by atoms with E-state index in [9.17, 15) is 4.79 Å². The van der Waals surface area contributed by atoms with Crippen LogP contribution in [0.25, 0.3) is 0 Å². The molecular formula is C19H24N2O3S. The fourth-order valence-electron chi connectivity index (χ4n) is 2.98. The summed E-state index contributed by atoms with van der Waals surface area (Å²) in [5.41, 5.74) is 1.84. The zero-order valence-electron chi connectivity index (χ0n) is 14.8. The van der Waals surface area contributed by atoms with E-state index < -0.39 is 0 Å². The average Bonchev–Trinajstić information content (AvgIpc) is 3.05. The van der Waals surface area contributed by atoms with Gasteiger partial charge in [-0.3, -0.25) is 4.79 Å². The second kappa shape index (κ2) is 8.34. The van der Waals surface area contributed by atoms with E-state index in [1.54, 1.807) is 36.6 Å². The van der Waals surface area contributed by atoms with E-state index in [0.717, 1.165) is 24.3 Å². The predicted octanol–water partition coefficient (Wildman–Crippen LogP) is 3.40. The van der Waals surface area contributed by atoms with Crippen molar-refractivity contribution in [1.82, 2.24) is 10.3 Å². The molecular weight excluding hydrogens is 336 g/mol. The molecule has 0 aliphatic heterocycles. The molecule has 5 nitrogen and oxygen atoms in total. The fraction of sp³-hybridized carbons (Fsp3) is 0.474. The molecule has 0 saturated carbocycles. The van der Waals surface area contributed by atoms with Gasteiger partial charge in [-0.15, -0.1) is 11.3 Å². The molecule has 1 aliphatic carbocycles. The highest BCUT2D eigenvalue weighted by atomic mass is 32.1. The number of amides is 1. The van der Waals surface area contributed by atoms with Gasteiger partial charge in [-0.05, 0) is 50.8 Å². The van der Waals surface area contributed by atoms with Crippen molar-refractivity contribution >= 4 is 17.2 Å². The van der Waals surface area contributed by atoms with E-state index in [-0.39, 0.29) is 5.91 Å². The van der Waals surface area contributed by atoms with E-state index >= 15 is 0 Å². The first-order chi connectivity index (χ1) is 12.2. The van der Waals surface area contributed by atoms with Crippen LogP contribution >= 0.6 is 11.3 Å². The van der Waals surface area contributed by atoms with Crippen molar-refractivity contribution in [3.63, 3.8) is 0 Å². The van der Waals surface area contributed by atoms with Crippen molar-refractivity contribution in [3.8, 4) is 11.5 Å². The van der Waals surface area contributed by atoms with Crippen LogP contribution in [-0.2, 0) is 19.3 Å². The van der Waals surface area contributed by atoms with Gasteiger partial charge in [0, 0.05) is 23.4 Å². The molecule has 0 saturated heterocycles. The Morgan fingerprint density at radius 2 is 2.12 bits per heavy atom. The summed E-state index contributed by atoms with van der Waals surface area (Å²) in [6, 6.07) is 5.24. The molecule has 25 heavy (non-hydrogen) atoms. The molecule has 0 fully saturated rings. The summed E-state index contributed by atoms with van der Waals surface area (Å²) in [6.07, 6.45) is 5.55. The summed E-state index contributed by atoms with van der Waals surface area (Å²) >= 11 is 1.80. The van der Waals surface area contributed by atoms with Crippen molar-refractivity contribution in [3.05, 3.63) is 39.3 Å². The Labute approximate surface area is 152 Å². The van der Waals surface area contributed by atoms with E-state index in [1.807, 2.05) is 6.92 Å². The lowest BCUT2D eigenvalue weighted by Gasteiger charge is -2.11. The number of hydrogen-bond donors (Lipinski definition) is 1. The minimum Gasteiger partial charge on any atom is -0.493 e. The molecule has 1 aliphatic rings. The molecule has 1 aromatic carbocycles. The molecule has 3 rings (SSSR count). The van der Waals surface area contributed by atoms with Gasteiger partial charge in [-0.2, -0.15) is 0 Å². The summed E-state index contributed by atoms with van der Waals surface area (Å²) in [6.45, 7) is 3.05. The lowest BCUT2D eigenvalue weighted by Crippen LogP contribution is -2.25. The molecule has 0 bridgehead atoms. The Bertz CT molecular complexity index is 719. The van der Waals surface area contributed by atoms with Gasteiger partial charge in [0.05, 0.1) is 24.4 Å². The quantitative estimate of drug-likeness (QED) is 0.822. The molecule has 1 aromatic heterocycles. The van der Waals surface area contributed by atoms with E-state index in [2.05, 4.69) is 5.32 Å². The van der Waals surface area contributed by atoms with Crippen molar-refractivity contribution in [2.75, 3.05) is 20.3 Å². The Kier molecular flexibility index (Phi) is 5.91. The smallest absolute Gasteiger partial charge is 0.251 e. The summed E-state index contributed by atoms with van der Waals surface area (Å²) in [4.78, 5) is 18.5. The van der Waals surface area contributed by atoms with Crippen LogP contribution in [0.5, 0.6) is 11.5 Å². The van der Waals surface area contributed by atoms with Crippen LogP contribution in [0, 0.1) is 0 Å². The van der Waals surface area contributed by atoms with Crippen LogP contribution in [0.3, 0.4) is 0 Å². The number of aromatic nitrogens is 1. The third-order valence-electron chi connectivity index (χ3n) is 4.24. The van der Waals surface area contributed by atoms with Gasteiger partial charge >= 0.3 is 0 Å². The SMILES string of the molecule is CCOc1ccc(C(=O)NCCc2nc3c(s2)CCCC3)cc1OC. The Morgan fingerprint density at radius 3 is 2.88 bits per heavy atom. The maximum atomic E-state index is 12.3. The van der Waals surface area contributed by atoms with Gasteiger partial charge in [0.15, 0.2) is 11.5 Å². The normalized spacial score (nSPS) is 13.2. The number of aryl methyl sites for hydroxylation is 2. The molecule has 0 radical (unpaired) electrons. The molecule has 0 unspecified atom stereocenters. The molecule has 134 valence electrons. The van der Waals surface area contributed by atoms with Gasteiger partial charge in [0.25, 0.3) is 5.91 Å². The van der Waals surface area contributed by atoms with E-state index in [4.69, 9.17) is 14.5 Å². The fourth-order valence-corrected chi connectivity index (χ4v) is 4.14. The molecule has 1 heterocycles. The molecule has 1 amide bonds. The molecule has 6 heteroatoms. The van der Waals surface area contributed by atoms with Gasteiger partial charge < -0.3 is 14.8 Å². The standard InChI is InChI=1S/C19H24N2O3S/c1-3-24-15-9-8-13(12-16(15)23-2)19(22)20-11-10-18-21-14-6-4-5-7-17(14)25-18/h8-9,12H,3-7,10-11H2,1-2H3,(H,20,22). The number of benzene rings is 1. The number of carbonyl (C=O) groups excluding carboxylic acids is 1. The monoisotopic (exact) mass is 360 g/mol. The molecule has 2 aromatic rings. The number of nitrogens with zero attached hydrogens (tertiary/aromatic N) is 1. The molecule has 0 spiro atoms. The van der Waals surface area contributed by atoms with Gasteiger partial charge in [0.1, 0.15) is 0 Å². The van der Waals surface area contributed by atoms with Crippen molar-refractivity contribution in [2.45, 2.75) is 39.0 Å². The van der Waals surface area contributed by atoms with Crippen LogP contribution in [0.15, 0.2) is 18.2 Å². The zero-order valence-corrected chi connectivity index (χ0v) is 15.6. The Balaban J connectivity index is 1.56. The predicted molar refractivity (Wildman–Crippen MR) is 99.0 cm³/mol. The number of nitrogens with one attached hydrogen (secondary N) is 1.